The van der Waals surface area contributed by atoms with E-state index < -0.39 is 39.3 Å². The first-order valence-electron chi connectivity index (χ1n) is 3.59. The summed E-state index contributed by atoms with van der Waals surface area (Å²) in [6.45, 7) is -1.78. The van der Waals surface area contributed by atoms with Gasteiger partial charge in [-0.1, -0.05) is 0 Å². The highest BCUT2D eigenvalue weighted by molar-refractivity contribution is 7.43. The summed E-state index contributed by atoms with van der Waals surface area (Å²) >= 11 is 0. The van der Waals surface area contributed by atoms with Gasteiger partial charge in [-0.15, -0.1) is 0 Å². The van der Waals surface area contributed by atoms with E-state index in [2.05, 4.69) is 4.52 Å². The molecular formula is C5H11O8P-2. The van der Waals surface area contributed by atoms with Crippen LogP contribution >= 0.6 is 7.82 Å². The highest BCUT2D eigenvalue weighted by Gasteiger charge is 2.24. The number of phosphoric ester groups is 1. The van der Waals surface area contributed by atoms with Gasteiger partial charge in [0, 0.05) is 0 Å². The van der Waals surface area contributed by atoms with Crippen molar-refractivity contribution in [3.8, 4) is 0 Å². The van der Waals surface area contributed by atoms with E-state index in [0.29, 0.717) is 0 Å². The van der Waals surface area contributed by atoms with E-state index in [4.69, 9.17) is 20.4 Å². The fourth-order valence-electron chi connectivity index (χ4n) is 0.631. The number of phosphoric acid groups is 1. The van der Waals surface area contributed by atoms with Gasteiger partial charge in [0.05, 0.1) is 21.0 Å². The van der Waals surface area contributed by atoms with E-state index in [9.17, 15) is 14.4 Å². The number of aliphatic hydroxyl groups excluding tert-OH is 4. The molecule has 8 nitrogen and oxygen atoms in total. The Labute approximate surface area is 79.6 Å². The average molecular weight is 230 g/mol. The lowest BCUT2D eigenvalue weighted by Crippen LogP contribution is -2.42. The zero-order valence-corrected chi connectivity index (χ0v) is 7.91. The van der Waals surface area contributed by atoms with Gasteiger partial charge < -0.3 is 39.3 Å². The Kier molecular flexibility index (Phi) is 5.72. The summed E-state index contributed by atoms with van der Waals surface area (Å²) < 4.78 is 13.6. The summed E-state index contributed by atoms with van der Waals surface area (Å²) in [6, 6.07) is 0. The molecule has 0 aromatic carbocycles. The van der Waals surface area contributed by atoms with Crippen molar-refractivity contribution in [1.29, 1.82) is 0 Å². The zero-order chi connectivity index (χ0) is 11.4. The third-order valence-corrected chi connectivity index (χ3v) is 1.84. The lowest BCUT2D eigenvalue weighted by molar-refractivity contribution is -0.343. The van der Waals surface area contributed by atoms with E-state index in [0.717, 1.165) is 0 Å². The standard InChI is InChI=1S/C5H13O8P/c6-1-3(7)5(9)4(8)2-13-14(10,11)12/h3-9H,1-2H2,(H2,10,11,12)/p-2. The maximum Gasteiger partial charge on any atom is 0.110 e. The molecular weight excluding hydrogens is 219 g/mol. The normalized spacial score (nSPS) is 19.0. The molecule has 0 aliphatic rings. The lowest BCUT2D eigenvalue weighted by Gasteiger charge is -2.31. The Balaban J connectivity index is 3.96. The van der Waals surface area contributed by atoms with E-state index in [1.807, 2.05) is 0 Å². The van der Waals surface area contributed by atoms with Crippen LogP contribution in [0.25, 0.3) is 0 Å². The van der Waals surface area contributed by atoms with Crippen molar-refractivity contribution in [3.05, 3.63) is 0 Å². The van der Waals surface area contributed by atoms with Crippen molar-refractivity contribution in [2.24, 2.45) is 0 Å². The lowest BCUT2D eigenvalue weighted by atomic mass is 10.1. The zero-order valence-electron chi connectivity index (χ0n) is 7.02. The molecule has 86 valence electrons. The molecule has 3 atom stereocenters. The van der Waals surface area contributed by atoms with Gasteiger partial charge >= 0.3 is 0 Å². The Morgan fingerprint density at radius 2 is 1.71 bits per heavy atom. The monoisotopic (exact) mass is 230 g/mol. The second-order valence-electron chi connectivity index (χ2n) is 2.55. The van der Waals surface area contributed by atoms with Gasteiger partial charge in [-0.05, 0) is 0 Å². The van der Waals surface area contributed by atoms with Crippen molar-refractivity contribution in [1.82, 2.24) is 0 Å². The van der Waals surface area contributed by atoms with E-state index >= 15 is 0 Å². The molecule has 0 bridgehead atoms. The molecule has 4 N–H and O–H groups in total. The Morgan fingerprint density at radius 3 is 2.07 bits per heavy atom. The van der Waals surface area contributed by atoms with Crippen molar-refractivity contribution in [2.75, 3.05) is 13.2 Å². The first-order valence-corrected chi connectivity index (χ1v) is 5.05. The Hall–Kier alpha value is -0.0500. The Morgan fingerprint density at radius 1 is 1.21 bits per heavy atom. The van der Waals surface area contributed by atoms with Crippen molar-refractivity contribution in [2.45, 2.75) is 18.3 Å². The van der Waals surface area contributed by atoms with Gasteiger partial charge in [-0.25, -0.2) is 0 Å². The largest absolute Gasteiger partial charge is 0.790 e. The smallest absolute Gasteiger partial charge is 0.110 e. The number of aliphatic hydroxyl groups is 4. The summed E-state index contributed by atoms with van der Waals surface area (Å²) in [5, 5.41) is 35.0. The van der Waals surface area contributed by atoms with E-state index in [1.54, 1.807) is 0 Å². The molecule has 0 aliphatic heterocycles. The van der Waals surface area contributed by atoms with E-state index in [-0.39, 0.29) is 0 Å². The molecule has 0 amide bonds. The second-order valence-corrected chi connectivity index (χ2v) is 3.70. The van der Waals surface area contributed by atoms with Gasteiger partial charge in [-0.2, -0.15) is 0 Å². The number of hydrogen-bond acceptors (Lipinski definition) is 8. The second kappa shape index (κ2) is 5.74. The quantitative estimate of drug-likeness (QED) is 0.336. The van der Waals surface area contributed by atoms with Crippen LogP contribution < -0.4 is 9.79 Å². The van der Waals surface area contributed by atoms with Gasteiger partial charge in [0.15, 0.2) is 0 Å². The minimum absolute atomic E-state index is 0.815. The fraction of sp³-hybridized carbons (Fsp3) is 1.00. The molecule has 3 unspecified atom stereocenters. The predicted molar refractivity (Wildman–Crippen MR) is 38.7 cm³/mol. The summed E-state index contributed by atoms with van der Waals surface area (Å²) in [4.78, 5) is 19.9. The fourth-order valence-corrected chi connectivity index (χ4v) is 0.966. The summed E-state index contributed by atoms with van der Waals surface area (Å²) in [5.74, 6) is 0. The molecule has 0 rings (SSSR count). The highest BCUT2D eigenvalue weighted by Crippen LogP contribution is 2.24. The van der Waals surface area contributed by atoms with Crippen LogP contribution in [0.2, 0.25) is 0 Å². The molecule has 0 aromatic rings. The summed E-state index contributed by atoms with van der Waals surface area (Å²) in [5.41, 5.74) is 0. The number of rotatable bonds is 6. The maximum atomic E-state index is 9.94. The molecule has 0 radical (unpaired) electrons. The third-order valence-electron chi connectivity index (χ3n) is 1.38. The molecule has 0 saturated carbocycles. The van der Waals surface area contributed by atoms with Gasteiger partial charge in [-0.3, -0.25) is 0 Å². The average Bonchev–Trinajstić information content (AvgIpc) is 2.10. The van der Waals surface area contributed by atoms with Crippen LogP contribution in [0, 0.1) is 0 Å². The third kappa shape index (κ3) is 5.63. The minimum Gasteiger partial charge on any atom is -0.790 e. The van der Waals surface area contributed by atoms with Crippen LogP contribution in [0.5, 0.6) is 0 Å². The minimum atomic E-state index is -5.21. The maximum absolute atomic E-state index is 9.94. The molecule has 0 heterocycles. The summed E-state index contributed by atoms with van der Waals surface area (Å²) in [6.07, 6.45) is -5.19. The highest BCUT2D eigenvalue weighted by atomic mass is 31.2. The molecule has 0 fully saturated rings. The van der Waals surface area contributed by atoms with E-state index in [1.165, 1.54) is 0 Å². The van der Waals surface area contributed by atoms with Crippen LogP contribution in [-0.4, -0.2) is 52.0 Å². The van der Waals surface area contributed by atoms with Crippen LogP contribution in [-0.2, 0) is 9.09 Å². The van der Waals surface area contributed by atoms with Crippen molar-refractivity contribution in [3.63, 3.8) is 0 Å². The van der Waals surface area contributed by atoms with Gasteiger partial charge in [0.2, 0.25) is 0 Å². The molecule has 0 saturated heterocycles. The van der Waals surface area contributed by atoms with Crippen molar-refractivity contribution >= 4 is 7.82 Å². The molecule has 14 heavy (non-hydrogen) atoms. The molecule has 9 heteroatoms. The van der Waals surface area contributed by atoms with Gasteiger partial charge in [0.1, 0.15) is 18.3 Å². The predicted octanol–water partition coefficient (Wildman–Crippen LogP) is -4.09. The van der Waals surface area contributed by atoms with Crippen LogP contribution in [0.15, 0.2) is 0 Å². The Bertz CT molecular complexity index is 202. The van der Waals surface area contributed by atoms with Gasteiger partial charge in [0.25, 0.3) is 0 Å². The topological polar surface area (TPSA) is 153 Å². The van der Waals surface area contributed by atoms with Crippen LogP contribution in [0.3, 0.4) is 0 Å². The van der Waals surface area contributed by atoms with Crippen LogP contribution in [0.4, 0.5) is 0 Å². The first-order chi connectivity index (χ1) is 6.28. The summed E-state index contributed by atoms with van der Waals surface area (Å²) in [7, 11) is -5.21. The molecule has 0 aliphatic carbocycles. The van der Waals surface area contributed by atoms with Crippen molar-refractivity contribution < 1.29 is 39.3 Å². The number of hydrogen-bond donors (Lipinski definition) is 4. The first kappa shape index (κ1) is 13.9. The molecule has 0 spiro atoms. The SMILES string of the molecule is O=P([O-])([O-])OCC(O)C(O)C(O)CO. The van der Waals surface area contributed by atoms with Crippen LogP contribution in [0.1, 0.15) is 0 Å². The molecule has 0 aromatic heterocycles.